The minimum absolute atomic E-state index is 0.404. The monoisotopic (exact) mass is 459 g/mol. The zero-order chi connectivity index (χ0) is 24.1. The van der Waals surface area contributed by atoms with Crippen LogP contribution >= 0.6 is 0 Å². The quantitative estimate of drug-likeness (QED) is 0.378. The van der Waals surface area contributed by atoms with Crippen molar-refractivity contribution in [2.45, 2.75) is 32.7 Å². The molecule has 9 heteroatoms. The van der Waals surface area contributed by atoms with Crippen molar-refractivity contribution in [3.05, 3.63) is 65.6 Å². The molecule has 0 fully saturated rings. The van der Waals surface area contributed by atoms with Crippen molar-refractivity contribution < 1.29 is 9.53 Å². The van der Waals surface area contributed by atoms with Gasteiger partial charge in [-0.3, -0.25) is 0 Å². The minimum Gasteiger partial charge on any atom is -0.464 e. The summed E-state index contributed by atoms with van der Waals surface area (Å²) in [6, 6.07) is 16.3. The van der Waals surface area contributed by atoms with Crippen molar-refractivity contribution >= 4 is 11.8 Å². The number of rotatable bonds is 9. The van der Waals surface area contributed by atoms with Gasteiger partial charge in [0.2, 0.25) is 5.82 Å². The maximum atomic E-state index is 12.8. The molecule has 0 radical (unpaired) electrons. The van der Waals surface area contributed by atoms with Gasteiger partial charge < -0.3 is 14.2 Å². The second kappa shape index (κ2) is 10.3. The average molecular weight is 460 g/mol. The number of aromatic nitrogens is 6. The number of ether oxygens (including phenoxy) is 1. The van der Waals surface area contributed by atoms with Crippen LogP contribution in [0.25, 0.3) is 22.5 Å². The number of benzene rings is 2. The van der Waals surface area contributed by atoms with E-state index in [1.54, 1.807) is 0 Å². The van der Waals surface area contributed by atoms with E-state index in [4.69, 9.17) is 9.72 Å². The lowest BCUT2D eigenvalue weighted by molar-refractivity contribution is 0.0589. The second-order valence-electron chi connectivity index (χ2n) is 8.26. The summed E-state index contributed by atoms with van der Waals surface area (Å²) in [6.07, 6.45) is 2.78. The molecule has 0 saturated carbocycles. The number of methoxy groups -OCH3 is 1. The lowest BCUT2D eigenvalue weighted by Crippen LogP contribution is -2.18. The Morgan fingerprint density at radius 1 is 1.12 bits per heavy atom. The molecule has 9 nitrogen and oxygen atoms in total. The van der Waals surface area contributed by atoms with E-state index in [2.05, 4.69) is 51.8 Å². The highest BCUT2D eigenvalue weighted by Crippen LogP contribution is 2.32. The molecular formula is C25H29N7O2. The fourth-order valence-corrected chi connectivity index (χ4v) is 3.99. The van der Waals surface area contributed by atoms with Crippen molar-refractivity contribution in [1.82, 2.24) is 30.2 Å². The highest BCUT2D eigenvalue weighted by molar-refractivity contribution is 5.93. The summed E-state index contributed by atoms with van der Waals surface area (Å²) in [5.41, 5.74) is 4.37. The minimum atomic E-state index is -0.404. The number of carbonyl (C=O) groups is 1. The van der Waals surface area contributed by atoms with Gasteiger partial charge in [-0.25, -0.2) is 9.78 Å². The summed E-state index contributed by atoms with van der Waals surface area (Å²) in [5, 5.41) is 14.7. The number of aromatic amines is 1. The summed E-state index contributed by atoms with van der Waals surface area (Å²) in [6.45, 7) is 2.60. The molecular weight excluding hydrogens is 430 g/mol. The Labute approximate surface area is 198 Å². The van der Waals surface area contributed by atoms with Gasteiger partial charge in [-0.2, -0.15) is 5.21 Å². The molecule has 0 spiro atoms. The van der Waals surface area contributed by atoms with E-state index in [-0.39, 0.29) is 0 Å². The molecule has 0 saturated heterocycles. The predicted octanol–water partition coefficient (Wildman–Crippen LogP) is 3.97. The number of nitrogens with zero attached hydrogens (tertiary/aromatic N) is 6. The molecule has 0 aliphatic heterocycles. The Kier molecular flexibility index (Phi) is 7.01. The van der Waals surface area contributed by atoms with Crippen LogP contribution in [0.4, 0.5) is 5.82 Å². The Bertz CT molecular complexity index is 1250. The maximum absolute atomic E-state index is 12.8. The number of anilines is 1. The van der Waals surface area contributed by atoms with Crippen LogP contribution in [0.5, 0.6) is 0 Å². The van der Waals surface area contributed by atoms with Crippen LogP contribution in [0.3, 0.4) is 0 Å². The summed E-state index contributed by atoms with van der Waals surface area (Å²) in [4.78, 5) is 19.4. The van der Waals surface area contributed by atoms with Crippen molar-refractivity contribution in [1.29, 1.82) is 0 Å². The van der Waals surface area contributed by atoms with Crippen LogP contribution in [0, 0.1) is 0 Å². The van der Waals surface area contributed by atoms with E-state index in [0.29, 0.717) is 23.9 Å². The molecule has 4 rings (SSSR count). The van der Waals surface area contributed by atoms with E-state index in [1.165, 1.54) is 7.11 Å². The molecule has 176 valence electrons. The van der Waals surface area contributed by atoms with Crippen LogP contribution < -0.4 is 4.90 Å². The molecule has 0 amide bonds. The first-order chi connectivity index (χ1) is 16.5. The fraction of sp³-hybridized carbons (Fsp3) is 0.320. The molecule has 2 aromatic heterocycles. The van der Waals surface area contributed by atoms with Gasteiger partial charge in [0.25, 0.3) is 0 Å². The number of carbonyl (C=O) groups excluding carboxylic acids is 1. The van der Waals surface area contributed by atoms with Gasteiger partial charge in [-0.1, -0.05) is 55.8 Å². The summed E-state index contributed by atoms with van der Waals surface area (Å²) in [5.74, 6) is 1.58. The van der Waals surface area contributed by atoms with Crippen LogP contribution in [0.15, 0.2) is 48.5 Å². The second-order valence-corrected chi connectivity index (χ2v) is 8.26. The lowest BCUT2D eigenvalue weighted by atomic mass is 9.97. The summed E-state index contributed by atoms with van der Waals surface area (Å²) >= 11 is 0. The third kappa shape index (κ3) is 4.68. The number of nitrogens with one attached hydrogen (secondary N) is 1. The number of unbranched alkanes of at least 4 members (excludes halogenated alkanes) is 1. The smallest absolute Gasteiger partial charge is 0.358 e. The van der Waals surface area contributed by atoms with Gasteiger partial charge in [0, 0.05) is 32.6 Å². The molecule has 1 N–H and O–H groups in total. The number of aryl methyl sites for hydroxylation is 1. The highest BCUT2D eigenvalue weighted by Gasteiger charge is 2.25. The number of esters is 1. The molecule has 0 aliphatic carbocycles. The highest BCUT2D eigenvalue weighted by atomic mass is 16.5. The first-order valence-electron chi connectivity index (χ1n) is 11.3. The van der Waals surface area contributed by atoms with Crippen LogP contribution in [0.2, 0.25) is 0 Å². The van der Waals surface area contributed by atoms with E-state index in [1.807, 2.05) is 47.8 Å². The standard InChI is InChI=1S/C25H29N7O2/c1-5-6-12-21-26-24(31(2)3)22(25(33)34-4)32(21)16-17-13-14-19(18-10-8-7-9-11-18)20(15-17)23-27-29-30-28-23/h7-11,13-15H,5-6,12,16H2,1-4H3,(H,27,28,29,30). The number of hydrogen-bond donors (Lipinski definition) is 1. The molecule has 2 heterocycles. The average Bonchev–Trinajstić information content (AvgIpc) is 3.51. The molecule has 2 aromatic carbocycles. The Hall–Kier alpha value is -4.01. The predicted molar refractivity (Wildman–Crippen MR) is 131 cm³/mol. The Morgan fingerprint density at radius 2 is 1.91 bits per heavy atom. The Balaban J connectivity index is 1.82. The van der Waals surface area contributed by atoms with Crippen molar-refractivity contribution in [3.8, 4) is 22.5 Å². The van der Waals surface area contributed by atoms with Gasteiger partial charge in [0.05, 0.1) is 7.11 Å². The zero-order valence-corrected chi connectivity index (χ0v) is 19.9. The van der Waals surface area contributed by atoms with Gasteiger partial charge in [0.1, 0.15) is 5.82 Å². The fourth-order valence-electron chi connectivity index (χ4n) is 3.99. The van der Waals surface area contributed by atoms with Gasteiger partial charge in [0.15, 0.2) is 11.5 Å². The van der Waals surface area contributed by atoms with Crippen molar-refractivity contribution in [3.63, 3.8) is 0 Å². The molecule has 4 aromatic rings. The van der Waals surface area contributed by atoms with Crippen LogP contribution in [-0.2, 0) is 17.7 Å². The van der Waals surface area contributed by atoms with E-state index in [0.717, 1.165) is 47.3 Å². The number of imidazole rings is 1. The molecule has 34 heavy (non-hydrogen) atoms. The largest absolute Gasteiger partial charge is 0.464 e. The van der Waals surface area contributed by atoms with Gasteiger partial charge in [-0.15, -0.1) is 10.2 Å². The third-order valence-electron chi connectivity index (χ3n) is 5.68. The maximum Gasteiger partial charge on any atom is 0.358 e. The topological polar surface area (TPSA) is 102 Å². The summed E-state index contributed by atoms with van der Waals surface area (Å²) < 4.78 is 7.09. The molecule has 0 unspecified atom stereocenters. The first kappa shape index (κ1) is 23.2. The number of H-pyrrole nitrogens is 1. The zero-order valence-electron chi connectivity index (χ0n) is 19.9. The van der Waals surface area contributed by atoms with E-state index in [9.17, 15) is 4.79 Å². The van der Waals surface area contributed by atoms with E-state index >= 15 is 0 Å². The number of hydrogen-bond acceptors (Lipinski definition) is 7. The first-order valence-corrected chi connectivity index (χ1v) is 11.3. The molecule has 0 bridgehead atoms. The van der Waals surface area contributed by atoms with Crippen molar-refractivity contribution in [2.24, 2.45) is 0 Å². The Morgan fingerprint density at radius 3 is 2.56 bits per heavy atom. The van der Waals surface area contributed by atoms with Gasteiger partial charge in [-0.05, 0) is 34.4 Å². The summed E-state index contributed by atoms with van der Waals surface area (Å²) in [7, 11) is 5.16. The molecule has 0 atom stereocenters. The number of tetrazole rings is 1. The SMILES string of the molecule is CCCCc1nc(N(C)C)c(C(=O)OC)n1Cc1ccc(-c2ccccc2)c(-c2nn[nH]n2)c1. The normalized spacial score (nSPS) is 10.9. The molecule has 0 aliphatic rings. The van der Waals surface area contributed by atoms with E-state index < -0.39 is 5.97 Å². The lowest BCUT2D eigenvalue weighted by Gasteiger charge is -2.15. The van der Waals surface area contributed by atoms with Gasteiger partial charge >= 0.3 is 5.97 Å². The third-order valence-corrected chi connectivity index (χ3v) is 5.68. The van der Waals surface area contributed by atoms with Crippen LogP contribution in [0.1, 0.15) is 41.6 Å². The van der Waals surface area contributed by atoms with Crippen LogP contribution in [-0.4, -0.2) is 57.3 Å². The van der Waals surface area contributed by atoms with Crippen molar-refractivity contribution in [2.75, 3.05) is 26.1 Å².